The average molecular weight is 484 g/mol. The Bertz CT molecular complexity index is 1330. The first-order valence-electron chi connectivity index (χ1n) is 11.9. The van der Waals surface area contributed by atoms with E-state index in [-0.39, 0.29) is 5.92 Å². The Balaban J connectivity index is 1.20. The topological polar surface area (TPSA) is 57.4 Å². The average Bonchev–Trinajstić information content (AvgIpc) is 3.37. The minimum absolute atomic E-state index is 0.00821. The second-order valence-corrected chi connectivity index (χ2v) is 9.39. The van der Waals surface area contributed by atoms with Crippen molar-refractivity contribution in [1.29, 1.82) is 0 Å². The summed E-state index contributed by atoms with van der Waals surface area (Å²) in [6.45, 7) is 4.58. The predicted molar refractivity (Wildman–Crippen MR) is 140 cm³/mol. The van der Waals surface area contributed by atoms with E-state index >= 15 is 0 Å². The van der Waals surface area contributed by atoms with E-state index in [2.05, 4.69) is 61.7 Å². The zero-order valence-electron chi connectivity index (χ0n) is 19.3. The molecule has 4 aromatic rings. The molecule has 0 amide bonds. The summed E-state index contributed by atoms with van der Waals surface area (Å²) in [5, 5.41) is 8.56. The standard InChI is InChI=1S/C28H26ClN5O/c29-21-9-10-25-23(16-21)28(20-6-2-1-3-7-20)24(18-31-25)26-17-22(32-35-26)19-33-12-14-34(15-13-33)27-8-4-5-11-30-27/h1-11,16-18,28,31H,12-15,19H2. The molecule has 35 heavy (non-hydrogen) atoms. The third-order valence-corrected chi connectivity index (χ3v) is 6.96. The maximum absolute atomic E-state index is 6.39. The van der Waals surface area contributed by atoms with Crippen LogP contribution in [0.1, 0.15) is 28.5 Å². The number of benzene rings is 2. The van der Waals surface area contributed by atoms with Gasteiger partial charge in [-0.3, -0.25) is 4.90 Å². The fraction of sp³-hybridized carbons (Fsp3) is 0.214. The number of fused-ring (bicyclic) bond motifs is 1. The first kappa shape index (κ1) is 21.9. The van der Waals surface area contributed by atoms with Gasteiger partial charge in [0.15, 0.2) is 5.76 Å². The number of halogens is 1. The van der Waals surface area contributed by atoms with Crippen LogP contribution in [-0.4, -0.2) is 41.2 Å². The molecular formula is C28H26ClN5O. The smallest absolute Gasteiger partial charge is 0.165 e. The minimum Gasteiger partial charge on any atom is -0.361 e. The summed E-state index contributed by atoms with van der Waals surface area (Å²) in [5.74, 6) is 1.83. The number of pyridine rings is 1. The van der Waals surface area contributed by atoms with Gasteiger partial charge in [0.2, 0.25) is 0 Å². The molecule has 0 bridgehead atoms. The van der Waals surface area contributed by atoms with Crippen LogP contribution in [-0.2, 0) is 6.54 Å². The number of aromatic nitrogens is 2. The van der Waals surface area contributed by atoms with Gasteiger partial charge in [0.25, 0.3) is 0 Å². The number of rotatable bonds is 5. The molecule has 1 saturated heterocycles. The van der Waals surface area contributed by atoms with Gasteiger partial charge in [0.1, 0.15) is 5.82 Å². The number of anilines is 2. The van der Waals surface area contributed by atoms with E-state index in [1.807, 2.05) is 48.8 Å². The lowest BCUT2D eigenvalue weighted by Crippen LogP contribution is -2.46. The van der Waals surface area contributed by atoms with Crippen LogP contribution in [0.3, 0.4) is 0 Å². The van der Waals surface area contributed by atoms with Crippen molar-refractivity contribution in [3.63, 3.8) is 0 Å². The molecule has 176 valence electrons. The maximum Gasteiger partial charge on any atom is 0.165 e. The van der Waals surface area contributed by atoms with Crippen LogP contribution in [0.2, 0.25) is 5.02 Å². The fourth-order valence-corrected chi connectivity index (χ4v) is 5.14. The van der Waals surface area contributed by atoms with Crippen molar-refractivity contribution in [3.8, 4) is 0 Å². The molecule has 6 nitrogen and oxygen atoms in total. The van der Waals surface area contributed by atoms with Crippen LogP contribution < -0.4 is 10.2 Å². The highest BCUT2D eigenvalue weighted by Crippen LogP contribution is 2.44. The van der Waals surface area contributed by atoms with Crippen molar-refractivity contribution in [3.05, 3.63) is 113 Å². The molecule has 2 aliphatic heterocycles. The number of piperazine rings is 1. The molecular weight excluding hydrogens is 458 g/mol. The van der Waals surface area contributed by atoms with Crippen LogP contribution in [0, 0.1) is 0 Å². The molecule has 2 aliphatic rings. The van der Waals surface area contributed by atoms with E-state index < -0.39 is 0 Å². The molecule has 0 spiro atoms. The molecule has 1 unspecified atom stereocenters. The Hall–Kier alpha value is -3.61. The monoisotopic (exact) mass is 483 g/mol. The first-order valence-corrected chi connectivity index (χ1v) is 12.3. The number of nitrogens with zero attached hydrogens (tertiary/aromatic N) is 4. The molecule has 1 atom stereocenters. The third kappa shape index (κ3) is 4.55. The van der Waals surface area contributed by atoms with Crippen molar-refractivity contribution >= 4 is 28.7 Å². The summed E-state index contributed by atoms with van der Waals surface area (Å²) in [5.41, 5.74) is 5.36. The van der Waals surface area contributed by atoms with Crippen LogP contribution in [0.4, 0.5) is 11.5 Å². The van der Waals surface area contributed by atoms with Gasteiger partial charge in [-0.25, -0.2) is 4.98 Å². The SMILES string of the molecule is Clc1ccc2c(c1)C(c1ccccc1)C(c1cc(CN3CCN(c4ccccn4)CC3)no1)=CN2. The van der Waals surface area contributed by atoms with Crippen molar-refractivity contribution in [2.75, 3.05) is 36.4 Å². The summed E-state index contributed by atoms with van der Waals surface area (Å²) in [6.07, 6.45) is 3.88. The summed E-state index contributed by atoms with van der Waals surface area (Å²) in [7, 11) is 0. The Morgan fingerprint density at radius 1 is 0.943 bits per heavy atom. The maximum atomic E-state index is 6.39. The molecule has 7 heteroatoms. The van der Waals surface area contributed by atoms with Crippen LogP contribution >= 0.6 is 11.6 Å². The number of hydrogen-bond donors (Lipinski definition) is 1. The minimum atomic E-state index is 0.00821. The molecule has 0 aliphatic carbocycles. The normalized spacial score (nSPS) is 18.0. The van der Waals surface area contributed by atoms with E-state index in [0.717, 1.165) is 71.8 Å². The van der Waals surface area contributed by atoms with E-state index in [1.54, 1.807) is 0 Å². The number of allylic oxidation sites excluding steroid dienone is 1. The number of nitrogens with one attached hydrogen (secondary N) is 1. The third-order valence-electron chi connectivity index (χ3n) is 6.73. The van der Waals surface area contributed by atoms with Crippen LogP contribution in [0.15, 0.2) is 89.7 Å². The zero-order chi connectivity index (χ0) is 23.6. The van der Waals surface area contributed by atoms with Gasteiger partial charge in [0, 0.05) is 73.4 Å². The molecule has 0 saturated carbocycles. The molecule has 0 radical (unpaired) electrons. The van der Waals surface area contributed by atoms with Crippen molar-refractivity contribution in [2.45, 2.75) is 12.5 Å². The Morgan fingerprint density at radius 2 is 1.77 bits per heavy atom. The predicted octanol–water partition coefficient (Wildman–Crippen LogP) is 5.64. The molecule has 1 fully saturated rings. The zero-order valence-corrected chi connectivity index (χ0v) is 20.0. The van der Waals surface area contributed by atoms with Gasteiger partial charge in [-0.15, -0.1) is 0 Å². The van der Waals surface area contributed by atoms with Crippen molar-refractivity contribution in [1.82, 2.24) is 15.0 Å². The largest absolute Gasteiger partial charge is 0.361 e. The highest BCUT2D eigenvalue weighted by atomic mass is 35.5. The lowest BCUT2D eigenvalue weighted by Gasteiger charge is -2.34. The molecule has 2 aromatic carbocycles. The van der Waals surface area contributed by atoms with Gasteiger partial charge < -0.3 is 14.7 Å². The Kier molecular flexibility index (Phi) is 5.98. The Labute approximate surface area is 209 Å². The second-order valence-electron chi connectivity index (χ2n) is 8.95. The lowest BCUT2D eigenvalue weighted by molar-refractivity contribution is 0.241. The summed E-state index contributed by atoms with van der Waals surface area (Å²) in [4.78, 5) is 9.22. The van der Waals surface area contributed by atoms with Crippen molar-refractivity contribution < 1.29 is 4.52 Å². The quantitative estimate of drug-likeness (QED) is 0.396. The van der Waals surface area contributed by atoms with E-state index in [1.165, 1.54) is 5.56 Å². The van der Waals surface area contributed by atoms with Crippen molar-refractivity contribution in [2.24, 2.45) is 0 Å². The van der Waals surface area contributed by atoms with Gasteiger partial charge in [-0.05, 0) is 41.5 Å². The number of hydrogen-bond acceptors (Lipinski definition) is 6. The molecule has 6 rings (SSSR count). The van der Waals surface area contributed by atoms with E-state index in [9.17, 15) is 0 Å². The van der Waals surface area contributed by atoms with E-state index in [0.29, 0.717) is 0 Å². The highest BCUT2D eigenvalue weighted by Gasteiger charge is 2.29. The summed E-state index contributed by atoms with van der Waals surface area (Å²) in [6, 6.07) is 24.6. The van der Waals surface area contributed by atoms with Crippen LogP contribution in [0.25, 0.3) is 5.57 Å². The van der Waals surface area contributed by atoms with Gasteiger partial charge in [-0.2, -0.15) is 0 Å². The van der Waals surface area contributed by atoms with Gasteiger partial charge in [-0.1, -0.05) is 53.2 Å². The first-order chi connectivity index (χ1) is 17.2. The van der Waals surface area contributed by atoms with Gasteiger partial charge in [0.05, 0.1) is 5.69 Å². The van der Waals surface area contributed by atoms with Gasteiger partial charge >= 0.3 is 0 Å². The highest BCUT2D eigenvalue weighted by molar-refractivity contribution is 6.30. The molecule has 1 N–H and O–H groups in total. The summed E-state index contributed by atoms with van der Waals surface area (Å²) >= 11 is 6.39. The second kappa shape index (κ2) is 9.56. The van der Waals surface area contributed by atoms with Crippen LogP contribution in [0.5, 0.6) is 0 Å². The fourth-order valence-electron chi connectivity index (χ4n) is 4.96. The molecule has 4 heterocycles. The Morgan fingerprint density at radius 3 is 2.57 bits per heavy atom. The molecule has 2 aromatic heterocycles. The summed E-state index contributed by atoms with van der Waals surface area (Å²) < 4.78 is 5.89. The lowest BCUT2D eigenvalue weighted by atomic mass is 9.81. The van der Waals surface area contributed by atoms with E-state index in [4.69, 9.17) is 16.1 Å².